The maximum Gasteiger partial charge on any atom is 0.176 e. The Hall–Kier alpha value is -2.29. The number of rotatable bonds is 6. The minimum Gasteiger partial charge on any atom is -0.330 e. The van der Waals surface area contributed by atoms with Crippen molar-refractivity contribution in [3.05, 3.63) is 92.3 Å². The third-order valence-electron chi connectivity index (χ3n) is 4.50. The van der Waals surface area contributed by atoms with Gasteiger partial charge < -0.3 is 10.6 Å². The van der Waals surface area contributed by atoms with Gasteiger partial charge >= 0.3 is 0 Å². The van der Waals surface area contributed by atoms with Crippen molar-refractivity contribution >= 4 is 75.2 Å². The molecule has 0 aliphatic heterocycles. The van der Waals surface area contributed by atoms with Gasteiger partial charge in [0.15, 0.2) is 10.9 Å². The standard InChI is InChI=1S/C21H16Cl4N6S/c22-14-5-4-13(19(25)8-14)10-31-11-15(9-26-31)27-21(32)28-20-6-7-30(29-20)12-16-17(23)2-1-3-18(16)24/h1-9,11H,10,12H2,(H2,27,28,29,32). The highest BCUT2D eigenvalue weighted by atomic mass is 35.5. The molecule has 2 aromatic carbocycles. The number of thiocarbonyl (C=S) groups is 1. The Bertz CT molecular complexity index is 1250. The van der Waals surface area contributed by atoms with Crippen LogP contribution in [0.25, 0.3) is 0 Å². The zero-order valence-corrected chi connectivity index (χ0v) is 20.2. The molecule has 11 heteroatoms. The lowest BCUT2D eigenvalue weighted by molar-refractivity contribution is 0.687. The van der Waals surface area contributed by atoms with Gasteiger partial charge in [-0.2, -0.15) is 10.2 Å². The van der Waals surface area contributed by atoms with Gasteiger partial charge in [0, 0.05) is 44.1 Å². The summed E-state index contributed by atoms with van der Waals surface area (Å²) in [7, 11) is 0. The summed E-state index contributed by atoms with van der Waals surface area (Å²) in [6.07, 6.45) is 5.32. The SMILES string of the molecule is S=C(Nc1cnn(Cc2ccc(Cl)cc2Cl)c1)Nc1ccn(Cc2c(Cl)cccc2Cl)n1. The van der Waals surface area contributed by atoms with E-state index >= 15 is 0 Å². The molecule has 0 unspecified atom stereocenters. The van der Waals surface area contributed by atoms with E-state index in [-0.39, 0.29) is 0 Å². The van der Waals surface area contributed by atoms with Gasteiger partial charge in [-0.1, -0.05) is 58.5 Å². The molecule has 0 saturated carbocycles. The zero-order chi connectivity index (χ0) is 22.7. The van der Waals surface area contributed by atoms with E-state index in [2.05, 4.69) is 20.8 Å². The van der Waals surface area contributed by atoms with Crippen LogP contribution in [0, 0.1) is 0 Å². The Kier molecular flexibility index (Phi) is 7.23. The highest BCUT2D eigenvalue weighted by Gasteiger charge is 2.09. The first kappa shape index (κ1) is 22.9. The molecule has 2 N–H and O–H groups in total. The molecule has 2 aromatic heterocycles. The molecule has 0 spiro atoms. The molecule has 164 valence electrons. The van der Waals surface area contributed by atoms with E-state index in [1.54, 1.807) is 45.9 Å². The second-order valence-corrected chi connectivity index (χ2v) is 8.91. The monoisotopic (exact) mass is 524 g/mol. The van der Waals surface area contributed by atoms with E-state index in [1.165, 1.54) is 0 Å². The molecule has 0 aliphatic carbocycles. The first-order chi connectivity index (χ1) is 15.4. The molecule has 0 aliphatic rings. The summed E-state index contributed by atoms with van der Waals surface area (Å²) in [5.74, 6) is 0.589. The van der Waals surface area contributed by atoms with Crippen LogP contribution in [0.2, 0.25) is 20.1 Å². The van der Waals surface area contributed by atoms with Gasteiger partial charge in [-0.15, -0.1) is 0 Å². The summed E-state index contributed by atoms with van der Waals surface area (Å²) < 4.78 is 3.48. The number of halogens is 4. The van der Waals surface area contributed by atoms with Crippen molar-refractivity contribution < 1.29 is 0 Å². The van der Waals surface area contributed by atoms with Crippen LogP contribution in [-0.4, -0.2) is 24.7 Å². The minimum atomic E-state index is 0.384. The topological polar surface area (TPSA) is 59.7 Å². The first-order valence-corrected chi connectivity index (χ1v) is 11.3. The normalized spacial score (nSPS) is 10.9. The van der Waals surface area contributed by atoms with Crippen LogP contribution in [-0.2, 0) is 13.1 Å². The van der Waals surface area contributed by atoms with Crippen LogP contribution in [0.1, 0.15) is 11.1 Å². The number of nitrogens with zero attached hydrogens (tertiary/aromatic N) is 4. The molecule has 0 atom stereocenters. The fraction of sp³-hybridized carbons (Fsp3) is 0.0952. The van der Waals surface area contributed by atoms with Crippen LogP contribution >= 0.6 is 58.6 Å². The lowest BCUT2D eigenvalue weighted by Gasteiger charge is -2.08. The Morgan fingerprint density at radius 3 is 2.44 bits per heavy atom. The quantitative estimate of drug-likeness (QED) is 0.278. The summed E-state index contributed by atoms with van der Waals surface area (Å²) in [6, 6.07) is 12.6. The maximum atomic E-state index is 6.24. The molecule has 6 nitrogen and oxygen atoms in total. The van der Waals surface area contributed by atoms with Crippen molar-refractivity contribution in [2.45, 2.75) is 13.1 Å². The molecule has 32 heavy (non-hydrogen) atoms. The molecule has 0 bridgehead atoms. The van der Waals surface area contributed by atoms with Gasteiger partial charge in [-0.3, -0.25) is 9.36 Å². The second-order valence-electron chi connectivity index (χ2n) is 6.84. The van der Waals surface area contributed by atoms with Crippen molar-refractivity contribution in [3.8, 4) is 0 Å². The van der Waals surface area contributed by atoms with Crippen molar-refractivity contribution in [2.24, 2.45) is 0 Å². The summed E-state index contributed by atoms with van der Waals surface area (Å²) in [5.41, 5.74) is 2.45. The lowest BCUT2D eigenvalue weighted by atomic mass is 10.2. The van der Waals surface area contributed by atoms with Crippen molar-refractivity contribution in [1.29, 1.82) is 0 Å². The maximum absolute atomic E-state index is 6.24. The van der Waals surface area contributed by atoms with Crippen molar-refractivity contribution in [3.63, 3.8) is 0 Å². The Balaban J connectivity index is 1.34. The van der Waals surface area contributed by atoms with E-state index in [0.29, 0.717) is 44.1 Å². The Morgan fingerprint density at radius 2 is 1.69 bits per heavy atom. The fourth-order valence-corrected chi connectivity index (χ4v) is 4.19. The summed E-state index contributed by atoms with van der Waals surface area (Å²) in [4.78, 5) is 0. The van der Waals surface area contributed by atoms with E-state index < -0.39 is 0 Å². The van der Waals surface area contributed by atoms with Gasteiger partial charge in [-0.05, 0) is 42.0 Å². The van der Waals surface area contributed by atoms with Crippen LogP contribution in [0.15, 0.2) is 61.1 Å². The number of hydrogen-bond donors (Lipinski definition) is 2. The minimum absolute atomic E-state index is 0.384. The molecule has 0 radical (unpaired) electrons. The van der Waals surface area contributed by atoms with Gasteiger partial charge in [0.1, 0.15) is 0 Å². The molecule has 4 aromatic rings. The number of nitrogens with one attached hydrogen (secondary N) is 2. The average Bonchev–Trinajstić information content (AvgIpc) is 3.36. The van der Waals surface area contributed by atoms with E-state index in [0.717, 1.165) is 16.8 Å². The predicted octanol–water partition coefficient (Wildman–Crippen LogP) is 6.60. The molecule has 0 saturated heterocycles. The van der Waals surface area contributed by atoms with Gasteiger partial charge in [0.05, 0.1) is 25.0 Å². The van der Waals surface area contributed by atoms with Crippen LogP contribution in [0.5, 0.6) is 0 Å². The second kappa shape index (κ2) is 10.1. The lowest BCUT2D eigenvalue weighted by Crippen LogP contribution is -2.19. The van der Waals surface area contributed by atoms with Crippen molar-refractivity contribution in [1.82, 2.24) is 19.6 Å². The van der Waals surface area contributed by atoms with E-state index in [4.69, 9.17) is 58.6 Å². The van der Waals surface area contributed by atoms with Crippen LogP contribution in [0.4, 0.5) is 11.5 Å². The molecule has 0 amide bonds. The Labute approximate surface area is 210 Å². The van der Waals surface area contributed by atoms with Gasteiger partial charge in [0.2, 0.25) is 0 Å². The number of benzene rings is 2. The van der Waals surface area contributed by atoms with E-state index in [9.17, 15) is 0 Å². The van der Waals surface area contributed by atoms with Crippen LogP contribution in [0.3, 0.4) is 0 Å². The van der Waals surface area contributed by atoms with Crippen molar-refractivity contribution in [2.75, 3.05) is 10.6 Å². The smallest absolute Gasteiger partial charge is 0.176 e. The Morgan fingerprint density at radius 1 is 0.906 bits per heavy atom. The number of anilines is 2. The molecule has 4 rings (SSSR count). The summed E-state index contributed by atoms with van der Waals surface area (Å²) in [6.45, 7) is 0.952. The van der Waals surface area contributed by atoms with Gasteiger partial charge in [0.25, 0.3) is 0 Å². The molecule has 0 fully saturated rings. The highest BCUT2D eigenvalue weighted by molar-refractivity contribution is 7.80. The number of hydrogen-bond acceptors (Lipinski definition) is 3. The summed E-state index contributed by atoms with van der Waals surface area (Å²) >= 11 is 30.0. The zero-order valence-electron chi connectivity index (χ0n) is 16.4. The van der Waals surface area contributed by atoms with Gasteiger partial charge in [-0.25, -0.2) is 0 Å². The first-order valence-electron chi connectivity index (χ1n) is 9.38. The van der Waals surface area contributed by atoms with Crippen LogP contribution < -0.4 is 10.6 Å². The fourth-order valence-electron chi connectivity index (χ4n) is 2.98. The average molecular weight is 526 g/mol. The van der Waals surface area contributed by atoms with E-state index in [1.807, 2.05) is 24.5 Å². The molecule has 2 heterocycles. The summed E-state index contributed by atoms with van der Waals surface area (Å²) in [5, 5.41) is 17.7. The largest absolute Gasteiger partial charge is 0.330 e. The number of aromatic nitrogens is 4. The third kappa shape index (κ3) is 5.74. The third-order valence-corrected chi connectivity index (χ3v) is 6.00. The molecular weight excluding hydrogens is 510 g/mol. The predicted molar refractivity (Wildman–Crippen MR) is 135 cm³/mol. The highest BCUT2D eigenvalue weighted by Crippen LogP contribution is 2.25. The molecular formula is C21H16Cl4N6S.